The number of nitrogen functional groups attached to an aromatic ring is 1. The van der Waals surface area contributed by atoms with Gasteiger partial charge in [0.1, 0.15) is 0 Å². The molecule has 1 aromatic heterocycles. The lowest BCUT2D eigenvalue weighted by atomic mass is 10.2. The first kappa shape index (κ1) is 9.06. The fourth-order valence-corrected chi connectivity index (χ4v) is 1.10. The van der Waals surface area contributed by atoms with Crippen LogP contribution in [-0.4, -0.2) is 21.3 Å². The molecular weight excluding hydrogens is 154 g/mol. The van der Waals surface area contributed by atoms with Gasteiger partial charge in [0.25, 0.3) is 0 Å². The maximum Gasteiger partial charge on any atom is 0.200 e. The first-order valence-corrected chi connectivity index (χ1v) is 4.22. The highest BCUT2D eigenvalue weighted by atomic mass is 16.2. The van der Waals surface area contributed by atoms with Gasteiger partial charge >= 0.3 is 0 Å². The molecule has 0 saturated heterocycles. The van der Waals surface area contributed by atoms with Crippen LogP contribution in [0.3, 0.4) is 0 Å². The molecule has 0 aliphatic heterocycles. The lowest BCUT2D eigenvalue weighted by Crippen LogP contribution is -2.02. The molecule has 4 nitrogen and oxygen atoms in total. The van der Waals surface area contributed by atoms with E-state index in [1.54, 1.807) is 6.20 Å². The summed E-state index contributed by atoms with van der Waals surface area (Å²) in [5.41, 5.74) is 5.56. The van der Waals surface area contributed by atoms with Gasteiger partial charge in [0.05, 0.1) is 0 Å². The highest BCUT2D eigenvalue weighted by Crippen LogP contribution is 2.03. The Balaban J connectivity index is 2.20. The fraction of sp³-hybridized carbons (Fsp3) is 0.625. The smallest absolute Gasteiger partial charge is 0.200 e. The Morgan fingerprint density at radius 3 is 2.83 bits per heavy atom. The molecule has 3 N–H and O–H groups in total. The quantitative estimate of drug-likeness (QED) is 0.635. The van der Waals surface area contributed by atoms with Crippen molar-refractivity contribution in [1.82, 2.24) is 9.55 Å². The maximum atomic E-state index is 8.53. The van der Waals surface area contributed by atoms with Crippen molar-refractivity contribution < 1.29 is 5.11 Å². The molecule has 0 fully saturated rings. The molecule has 0 saturated carbocycles. The van der Waals surface area contributed by atoms with Crippen molar-refractivity contribution >= 4 is 5.95 Å². The summed E-state index contributed by atoms with van der Waals surface area (Å²) in [6, 6.07) is 0. The Hall–Kier alpha value is -1.03. The molecule has 0 amide bonds. The van der Waals surface area contributed by atoms with Gasteiger partial charge in [-0.2, -0.15) is 0 Å². The summed E-state index contributed by atoms with van der Waals surface area (Å²) in [7, 11) is 0. The summed E-state index contributed by atoms with van der Waals surface area (Å²) >= 11 is 0. The van der Waals surface area contributed by atoms with Crippen molar-refractivity contribution in [2.75, 3.05) is 12.3 Å². The summed E-state index contributed by atoms with van der Waals surface area (Å²) in [5.74, 6) is 0.569. The van der Waals surface area contributed by atoms with E-state index in [4.69, 9.17) is 10.8 Å². The van der Waals surface area contributed by atoms with Gasteiger partial charge in [0.2, 0.25) is 0 Å². The predicted octanol–water partition coefficient (Wildman–Crippen LogP) is 0.628. The van der Waals surface area contributed by atoms with Gasteiger partial charge in [-0.3, -0.25) is 0 Å². The van der Waals surface area contributed by atoms with Crippen LogP contribution < -0.4 is 5.73 Å². The Bertz CT molecular complexity index is 222. The monoisotopic (exact) mass is 169 g/mol. The maximum absolute atomic E-state index is 8.53. The third kappa shape index (κ3) is 2.54. The topological polar surface area (TPSA) is 64.1 Å². The summed E-state index contributed by atoms with van der Waals surface area (Å²) in [4.78, 5) is 3.91. The largest absolute Gasteiger partial charge is 0.396 e. The van der Waals surface area contributed by atoms with Gasteiger partial charge < -0.3 is 15.4 Å². The van der Waals surface area contributed by atoms with Crippen molar-refractivity contribution in [2.45, 2.75) is 25.8 Å². The number of nitrogens with zero attached hydrogens (tertiary/aromatic N) is 2. The van der Waals surface area contributed by atoms with E-state index < -0.39 is 0 Å². The molecule has 1 heterocycles. The van der Waals surface area contributed by atoms with E-state index >= 15 is 0 Å². The highest BCUT2D eigenvalue weighted by molar-refractivity contribution is 5.16. The summed E-state index contributed by atoms with van der Waals surface area (Å²) in [6.45, 7) is 1.17. The van der Waals surface area contributed by atoms with Crippen molar-refractivity contribution in [3.63, 3.8) is 0 Å². The first-order chi connectivity index (χ1) is 5.84. The van der Waals surface area contributed by atoms with Crippen LogP contribution in [-0.2, 0) is 6.54 Å². The van der Waals surface area contributed by atoms with Crippen molar-refractivity contribution in [3.05, 3.63) is 12.4 Å². The molecule has 1 rings (SSSR count). The van der Waals surface area contributed by atoms with Crippen LogP contribution in [0.1, 0.15) is 19.3 Å². The zero-order valence-corrected chi connectivity index (χ0v) is 7.11. The van der Waals surface area contributed by atoms with E-state index in [0.29, 0.717) is 5.95 Å². The number of aryl methyl sites for hydroxylation is 1. The number of aliphatic hydroxyl groups excluding tert-OH is 1. The number of imidazole rings is 1. The molecule has 1 aromatic rings. The van der Waals surface area contributed by atoms with Gasteiger partial charge in [-0.05, 0) is 19.3 Å². The second kappa shape index (κ2) is 4.77. The number of anilines is 1. The van der Waals surface area contributed by atoms with Gasteiger partial charge in [-0.25, -0.2) is 4.98 Å². The Morgan fingerprint density at radius 1 is 1.42 bits per heavy atom. The predicted molar refractivity (Wildman–Crippen MR) is 47.6 cm³/mol. The fourth-order valence-electron chi connectivity index (χ4n) is 1.10. The summed E-state index contributed by atoms with van der Waals surface area (Å²) in [5, 5.41) is 8.53. The Kier molecular flexibility index (Phi) is 3.60. The molecule has 0 spiro atoms. The van der Waals surface area contributed by atoms with Crippen LogP contribution >= 0.6 is 0 Å². The summed E-state index contributed by atoms with van der Waals surface area (Å²) < 4.78 is 1.91. The lowest BCUT2D eigenvalue weighted by Gasteiger charge is -2.02. The van der Waals surface area contributed by atoms with Crippen LogP contribution in [0, 0.1) is 0 Å². The van der Waals surface area contributed by atoms with E-state index in [-0.39, 0.29) is 6.61 Å². The molecule has 0 unspecified atom stereocenters. The first-order valence-electron chi connectivity index (χ1n) is 4.22. The van der Waals surface area contributed by atoms with Crippen LogP contribution in [0.25, 0.3) is 0 Å². The Morgan fingerprint density at radius 2 is 2.25 bits per heavy atom. The van der Waals surface area contributed by atoms with Gasteiger partial charge in [-0.15, -0.1) is 0 Å². The number of nitrogens with two attached hydrogens (primary N) is 1. The third-order valence-electron chi connectivity index (χ3n) is 1.80. The lowest BCUT2D eigenvalue weighted by molar-refractivity contribution is 0.282. The molecule has 0 radical (unpaired) electrons. The standard InChI is InChI=1S/C8H15N3O/c9-8-10-4-6-11(8)5-2-1-3-7-12/h4,6,12H,1-3,5,7H2,(H2,9,10). The molecule has 0 atom stereocenters. The number of aromatic nitrogens is 2. The van der Waals surface area contributed by atoms with E-state index in [0.717, 1.165) is 25.8 Å². The zero-order chi connectivity index (χ0) is 8.81. The average Bonchev–Trinajstić information content (AvgIpc) is 2.46. The number of unbranched alkanes of at least 4 members (excludes halogenated alkanes) is 2. The molecule has 4 heteroatoms. The minimum atomic E-state index is 0.277. The van der Waals surface area contributed by atoms with Crippen LogP contribution in [0.5, 0.6) is 0 Å². The summed E-state index contributed by atoms with van der Waals surface area (Å²) in [6.07, 6.45) is 6.51. The number of aliphatic hydroxyl groups is 1. The molecule has 0 aliphatic carbocycles. The second-order valence-corrected chi connectivity index (χ2v) is 2.76. The minimum absolute atomic E-state index is 0.277. The molecule has 0 aliphatic rings. The molecule has 12 heavy (non-hydrogen) atoms. The zero-order valence-electron chi connectivity index (χ0n) is 7.11. The molecule has 68 valence electrons. The van der Waals surface area contributed by atoms with E-state index in [2.05, 4.69) is 4.98 Å². The van der Waals surface area contributed by atoms with Gasteiger partial charge in [-0.1, -0.05) is 0 Å². The second-order valence-electron chi connectivity index (χ2n) is 2.76. The number of rotatable bonds is 5. The minimum Gasteiger partial charge on any atom is -0.396 e. The normalized spacial score (nSPS) is 10.4. The van der Waals surface area contributed by atoms with Crippen molar-refractivity contribution in [2.24, 2.45) is 0 Å². The molecule has 0 bridgehead atoms. The van der Waals surface area contributed by atoms with E-state index in [9.17, 15) is 0 Å². The average molecular weight is 169 g/mol. The van der Waals surface area contributed by atoms with Gasteiger partial charge in [0, 0.05) is 25.5 Å². The van der Waals surface area contributed by atoms with Crippen LogP contribution in [0.15, 0.2) is 12.4 Å². The highest BCUT2D eigenvalue weighted by Gasteiger charge is 1.95. The molecule has 0 aromatic carbocycles. The van der Waals surface area contributed by atoms with E-state index in [1.807, 2.05) is 10.8 Å². The van der Waals surface area contributed by atoms with Crippen molar-refractivity contribution in [1.29, 1.82) is 0 Å². The Labute approximate surface area is 72.0 Å². The molecular formula is C8H15N3O. The third-order valence-corrected chi connectivity index (χ3v) is 1.80. The van der Waals surface area contributed by atoms with Gasteiger partial charge in [0.15, 0.2) is 5.95 Å². The van der Waals surface area contributed by atoms with Crippen molar-refractivity contribution in [3.8, 4) is 0 Å². The van der Waals surface area contributed by atoms with Crippen LogP contribution in [0.4, 0.5) is 5.95 Å². The van der Waals surface area contributed by atoms with Crippen LogP contribution in [0.2, 0.25) is 0 Å². The number of hydrogen-bond acceptors (Lipinski definition) is 3. The SMILES string of the molecule is Nc1nccn1CCCCCO. The van der Waals surface area contributed by atoms with E-state index in [1.165, 1.54) is 0 Å². The number of hydrogen-bond donors (Lipinski definition) is 2.